The number of fused-ring (bicyclic) bond motifs is 1. The number of hydrogen-bond acceptors (Lipinski definition) is 5. The number of hydrogen-bond donors (Lipinski definition) is 2. The maximum atomic E-state index is 12.6. The van der Waals surface area contributed by atoms with Gasteiger partial charge in [-0.05, 0) is 60.9 Å². The van der Waals surface area contributed by atoms with Crippen LogP contribution in [0.4, 0.5) is 10.5 Å². The van der Waals surface area contributed by atoms with Gasteiger partial charge in [0.25, 0.3) is 0 Å². The number of nitrogens with one attached hydrogen (secondary N) is 2. The van der Waals surface area contributed by atoms with Crippen molar-refractivity contribution in [3.63, 3.8) is 0 Å². The van der Waals surface area contributed by atoms with Gasteiger partial charge in [-0.2, -0.15) is 0 Å². The summed E-state index contributed by atoms with van der Waals surface area (Å²) >= 11 is 6.51. The predicted octanol–water partition coefficient (Wildman–Crippen LogP) is 7.03. The Bertz CT molecular complexity index is 1230. The van der Waals surface area contributed by atoms with Gasteiger partial charge in [-0.15, -0.1) is 0 Å². The Labute approximate surface area is 211 Å². The Kier molecular flexibility index (Phi) is 7.26. The predicted molar refractivity (Wildman–Crippen MR) is 139 cm³/mol. The van der Waals surface area contributed by atoms with E-state index in [9.17, 15) is 4.79 Å². The summed E-state index contributed by atoms with van der Waals surface area (Å²) in [6.45, 7) is 6.75. The van der Waals surface area contributed by atoms with E-state index >= 15 is 0 Å². The van der Waals surface area contributed by atoms with Crippen LogP contribution >= 0.6 is 11.6 Å². The molecule has 2 N–H and O–H groups in total. The van der Waals surface area contributed by atoms with Gasteiger partial charge in [0.2, 0.25) is 0 Å². The summed E-state index contributed by atoms with van der Waals surface area (Å²) in [6, 6.07) is 10.5. The second kappa shape index (κ2) is 10.2. The molecule has 4 rings (SSSR count). The maximum absolute atomic E-state index is 12.6. The van der Waals surface area contributed by atoms with Crippen molar-refractivity contribution >= 4 is 34.2 Å². The zero-order valence-corrected chi connectivity index (χ0v) is 21.5. The number of carbonyl (C=O) groups excluding carboxylic acids is 1. The topological polar surface area (TPSA) is 81.7 Å². The molecule has 1 fully saturated rings. The molecule has 2 amide bonds. The highest BCUT2D eigenvalue weighted by atomic mass is 35.5. The molecule has 0 spiro atoms. The van der Waals surface area contributed by atoms with Gasteiger partial charge in [0.1, 0.15) is 11.5 Å². The van der Waals surface area contributed by atoms with Crippen LogP contribution in [-0.4, -0.2) is 31.3 Å². The lowest BCUT2D eigenvalue weighted by Crippen LogP contribution is -2.44. The van der Waals surface area contributed by atoms with Crippen molar-refractivity contribution in [2.75, 3.05) is 19.5 Å². The van der Waals surface area contributed by atoms with Crippen LogP contribution in [0.2, 0.25) is 5.02 Å². The van der Waals surface area contributed by atoms with E-state index in [0.29, 0.717) is 45.1 Å². The first kappa shape index (κ1) is 24.9. The summed E-state index contributed by atoms with van der Waals surface area (Å²) in [5.41, 5.74) is 1.52. The van der Waals surface area contributed by atoms with E-state index in [-0.39, 0.29) is 17.5 Å². The fourth-order valence-electron chi connectivity index (χ4n) is 5.12. The van der Waals surface area contributed by atoms with E-state index in [0.717, 1.165) is 18.2 Å². The molecule has 1 aromatic heterocycles. The van der Waals surface area contributed by atoms with Crippen LogP contribution in [-0.2, 0) is 0 Å². The number of ether oxygens (including phenoxy) is 3. The number of anilines is 1. The first-order chi connectivity index (χ1) is 16.7. The third-order valence-electron chi connectivity index (χ3n) is 6.34. The fraction of sp³-hybridized carbons (Fsp3) is 0.407. The lowest BCUT2D eigenvalue weighted by atomic mass is 9.71. The first-order valence-electron chi connectivity index (χ1n) is 11.7. The van der Waals surface area contributed by atoms with Crippen molar-refractivity contribution in [2.45, 2.75) is 46.1 Å². The van der Waals surface area contributed by atoms with Gasteiger partial charge >= 0.3 is 6.03 Å². The van der Waals surface area contributed by atoms with Crippen LogP contribution in [0.15, 0.2) is 42.6 Å². The summed E-state index contributed by atoms with van der Waals surface area (Å²) in [6.07, 6.45) is 4.79. The second-order valence-electron chi connectivity index (χ2n) is 9.99. The molecule has 1 aliphatic carbocycles. The average molecular weight is 498 g/mol. The highest BCUT2D eigenvalue weighted by Crippen LogP contribution is 2.40. The molecule has 8 heteroatoms. The molecular formula is C27H32ClN3O4. The standard InChI is InChI=1S/C27H32ClN3O4/c1-16-10-18(15-27(2,3)14-16)31-26(32)30-17-6-7-23(20(28)11-17)35-22-8-9-29-21-13-25(34-5)24(33-4)12-19(21)22/h6-9,11-13,16,18H,10,14-15H2,1-5H3,(H2,30,31,32). The molecule has 2 atom stereocenters. The normalized spacial score (nSPS) is 19.1. The number of benzene rings is 2. The van der Waals surface area contributed by atoms with E-state index in [2.05, 4.69) is 36.4 Å². The molecule has 3 aromatic rings. The number of methoxy groups -OCH3 is 2. The van der Waals surface area contributed by atoms with Crippen molar-refractivity contribution in [1.29, 1.82) is 0 Å². The van der Waals surface area contributed by atoms with E-state index in [4.69, 9.17) is 25.8 Å². The fourth-order valence-corrected chi connectivity index (χ4v) is 5.34. The molecule has 186 valence electrons. The number of rotatable bonds is 6. The molecule has 1 heterocycles. The van der Waals surface area contributed by atoms with Crippen LogP contribution in [0.3, 0.4) is 0 Å². The van der Waals surface area contributed by atoms with E-state index in [1.54, 1.807) is 50.7 Å². The number of halogens is 1. The number of nitrogens with zero attached hydrogens (tertiary/aromatic N) is 1. The molecule has 2 aromatic carbocycles. The van der Waals surface area contributed by atoms with Gasteiger partial charge in [0.15, 0.2) is 11.5 Å². The minimum absolute atomic E-state index is 0.155. The molecule has 2 unspecified atom stereocenters. The lowest BCUT2D eigenvalue weighted by molar-refractivity contribution is 0.154. The Morgan fingerprint density at radius 1 is 1.03 bits per heavy atom. The monoisotopic (exact) mass is 497 g/mol. The van der Waals surface area contributed by atoms with Crippen molar-refractivity contribution in [3.05, 3.63) is 47.6 Å². The first-order valence-corrected chi connectivity index (χ1v) is 12.1. The summed E-state index contributed by atoms with van der Waals surface area (Å²) in [4.78, 5) is 17.0. The van der Waals surface area contributed by atoms with Crippen molar-refractivity contribution in [3.8, 4) is 23.0 Å². The van der Waals surface area contributed by atoms with Crippen molar-refractivity contribution in [2.24, 2.45) is 11.3 Å². The van der Waals surface area contributed by atoms with Gasteiger partial charge in [-0.1, -0.05) is 32.4 Å². The summed E-state index contributed by atoms with van der Waals surface area (Å²) in [5.74, 6) is 2.78. The van der Waals surface area contributed by atoms with E-state index < -0.39 is 0 Å². The lowest BCUT2D eigenvalue weighted by Gasteiger charge is -2.39. The zero-order valence-electron chi connectivity index (χ0n) is 20.8. The van der Waals surface area contributed by atoms with E-state index in [1.165, 1.54) is 6.42 Å². The maximum Gasteiger partial charge on any atom is 0.319 e. The molecule has 0 saturated heterocycles. The van der Waals surface area contributed by atoms with Crippen LogP contribution in [0.5, 0.6) is 23.0 Å². The van der Waals surface area contributed by atoms with Crippen LogP contribution in [0.1, 0.15) is 40.0 Å². The van der Waals surface area contributed by atoms with Crippen LogP contribution in [0.25, 0.3) is 10.9 Å². The molecule has 1 aliphatic rings. The minimum Gasteiger partial charge on any atom is -0.493 e. The average Bonchev–Trinajstić information content (AvgIpc) is 2.78. The van der Waals surface area contributed by atoms with E-state index in [1.807, 2.05) is 6.07 Å². The van der Waals surface area contributed by atoms with Crippen molar-refractivity contribution in [1.82, 2.24) is 10.3 Å². The number of urea groups is 1. The van der Waals surface area contributed by atoms with Gasteiger partial charge in [-0.25, -0.2) is 4.79 Å². The number of aromatic nitrogens is 1. The smallest absolute Gasteiger partial charge is 0.319 e. The largest absolute Gasteiger partial charge is 0.493 e. The Morgan fingerprint density at radius 3 is 2.46 bits per heavy atom. The molecule has 7 nitrogen and oxygen atoms in total. The second-order valence-corrected chi connectivity index (χ2v) is 10.4. The molecule has 35 heavy (non-hydrogen) atoms. The number of amides is 2. The van der Waals surface area contributed by atoms with Crippen molar-refractivity contribution < 1.29 is 19.0 Å². The SMILES string of the molecule is COc1cc2nccc(Oc3ccc(NC(=O)NC4CC(C)CC(C)(C)C4)cc3Cl)c2cc1OC. The zero-order chi connectivity index (χ0) is 25.2. The minimum atomic E-state index is -0.231. The molecule has 0 radical (unpaired) electrons. The molecule has 1 saturated carbocycles. The van der Waals surface area contributed by atoms with Crippen LogP contribution < -0.4 is 24.8 Å². The Balaban J connectivity index is 1.47. The quantitative estimate of drug-likeness (QED) is 0.382. The molecule has 0 bridgehead atoms. The van der Waals surface area contributed by atoms with Gasteiger partial charge in [-0.3, -0.25) is 4.98 Å². The van der Waals surface area contributed by atoms with Gasteiger partial charge < -0.3 is 24.8 Å². The third-order valence-corrected chi connectivity index (χ3v) is 6.63. The highest BCUT2D eigenvalue weighted by molar-refractivity contribution is 6.32. The van der Waals surface area contributed by atoms with Crippen LogP contribution in [0, 0.1) is 11.3 Å². The highest BCUT2D eigenvalue weighted by Gasteiger charge is 2.32. The Hall–Kier alpha value is -3.19. The Morgan fingerprint density at radius 2 is 1.77 bits per heavy atom. The molecule has 0 aliphatic heterocycles. The summed E-state index contributed by atoms with van der Waals surface area (Å²) in [5, 5.41) is 7.14. The number of carbonyl (C=O) groups is 1. The third kappa shape index (κ3) is 5.90. The van der Waals surface area contributed by atoms with Gasteiger partial charge in [0, 0.05) is 29.4 Å². The molecular weight excluding hydrogens is 466 g/mol. The summed E-state index contributed by atoms with van der Waals surface area (Å²) < 4.78 is 16.9. The summed E-state index contributed by atoms with van der Waals surface area (Å²) in [7, 11) is 3.16. The van der Waals surface area contributed by atoms with Gasteiger partial charge in [0.05, 0.1) is 24.8 Å². The number of pyridine rings is 1.